The fourth-order valence-electron chi connectivity index (χ4n) is 2.30. The van der Waals surface area contributed by atoms with E-state index in [9.17, 15) is 9.59 Å². The highest BCUT2D eigenvalue weighted by molar-refractivity contribution is 5.96. The van der Waals surface area contributed by atoms with E-state index in [1.54, 1.807) is 13.0 Å². The molecular weight excluding hydrogens is 308 g/mol. The number of amides is 1. The van der Waals surface area contributed by atoms with Crippen LogP contribution in [0.1, 0.15) is 20.3 Å². The summed E-state index contributed by atoms with van der Waals surface area (Å²) in [5.41, 5.74) is 1.77. The lowest BCUT2D eigenvalue weighted by atomic mass is 10.2. The van der Waals surface area contributed by atoms with Gasteiger partial charge in [0, 0.05) is 30.5 Å². The number of allylic oxidation sites excluding steroid dienone is 1. The Bertz CT molecular complexity index is 577. The number of morpholine rings is 1. The number of hydrogen-bond acceptors (Lipinski definition) is 5. The largest absolute Gasteiger partial charge is 0.449 e. The zero-order valence-electron chi connectivity index (χ0n) is 14.2. The summed E-state index contributed by atoms with van der Waals surface area (Å²) in [5, 5.41) is 2.75. The maximum Gasteiger partial charge on any atom is 0.331 e. The van der Waals surface area contributed by atoms with Crippen molar-refractivity contribution in [3.8, 4) is 0 Å². The second-order valence-corrected chi connectivity index (χ2v) is 5.53. The molecule has 0 aliphatic carbocycles. The van der Waals surface area contributed by atoms with Crippen molar-refractivity contribution in [1.29, 1.82) is 0 Å². The summed E-state index contributed by atoms with van der Waals surface area (Å²) in [6.07, 6.45) is 2.92. The molecule has 2 rings (SSSR count). The lowest BCUT2D eigenvalue weighted by Gasteiger charge is -2.28. The quantitative estimate of drug-likeness (QED) is 0.640. The molecule has 0 aromatic heterocycles. The van der Waals surface area contributed by atoms with Gasteiger partial charge in [-0.2, -0.15) is 0 Å². The van der Waals surface area contributed by atoms with E-state index < -0.39 is 12.1 Å². The summed E-state index contributed by atoms with van der Waals surface area (Å²) in [7, 11) is 0. The van der Waals surface area contributed by atoms with E-state index in [1.165, 1.54) is 6.08 Å². The Labute approximate surface area is 142 Å². The summed E-state index contributed by atoms with van der Waals surface area (Å²) in [6.45, 7) is 6.66. The van der Waals surface area contributed by atoms with Crippen molar-refractivity contribution in [2.45, 2.75) is 26.4 Å². The van der Waals surface area contributed by atoms with Crippen LogP contribution in [0.4, 0.5) is 11.4 Å². The standard InChI is InChI=1S/C18H24N2O4/c1-3-4-5-17(21)24-14(2)18(22)19-15-6-8-16(9-7-15)20-10-12-23-13-11-20/h4-9,14H,3,10-13H2,1-2H3,(H,19,22)/b5-4+/t14-/m0/s1. The highest BCUT2D eigenvalue weighted by atomic mass is 16.5. The van der Waals surface area contributed by atoms with Crippen molar-refractivity contribution in [3.63, 3.8) is 0 Å². The molecule has 0 bridgehead atoms. The van der Waals surface area contributed by atoms with Gasteiger partial charge < -0.3 is 19.7 Å². The molecule has 0 unspecified atom stereocenters. The Morgan fingerprint density at radius 2 is 1.96 bits per heavy atom. The molecule has 6 heteroatoms. The number of carbonyl (C=O) groups excluding carboxylic acids is 2. The summed E-state index contributed by atoms with van der Waals surface area (Å²) < 4.78 is 10.4. The van der Waals surface area contributed by atoms with Crippen LogP contribution >= 0.6 is 0 Å². The van der Waals surface area contributed by atoms with Crippen molar-refractivity contribution in [2.75, 3.05) is 36.5 Å². The lowest BCUT2D eigenvalue weighted by Crippen LogP contribution is -2.36. The number of nitrogens with zero attached hydrogens (tertiary/aromatic N) is 1. The Balaban J connectivity index is 1.86. The fourth-order valence-corrected chi connectivity index (χ4v) is 2.30. The summed E-state index contributed by atoms with van der Waals surface area (Å²) in [4.78, 5) is 25.8. The van der Waals surface area contributed by atoms with Crippen LogP contribution in [-0.4, -0.2) is 44.3 Å². The minimum atomic E-state index is -0.849. The number of hydrogen-bond donors (Lipinski definition) is 1. The van der Waals surface area contributed by atoms with E-state index >= 15 is 0 Å². The zero-order chi connectivity index (χ0) is 17.4. The molecular formula is C18H24N2O4. The molecule has 1 fully saturated rings. The first-order valence-corrected chi connectivity index (χ1v) is 8.21. The number of nitrogens with one attached hydrogen (secondary N) is 1. The van der Waals surface area contributed by atoms with E-state index in [2.05, 4.69) is 10.2 Å². The summed E-state index contributed by atoms with van der Waals surface area (Å²) >= 11 is 0. The van der Waals surface area contributed by atoms with Crippen LogP contribution in [0.25, 0.3) is 0 Å². The normalized spacial score (nSPS) is 16.0. The van der Waals surface area contributed by atoms with Gasteiger partial charge in [0.15, 0.2) is 6.10 Å². The maximum absolute atomic E-state index is 12.1. The van der Waals surface area contributed by atoms with Crippen LogP contribution in [-0.2, 0) is 19.1 Å². The Morgan fingerprint density at radius 1 is 1.29 bits per heavy atom. The number of carbonyl (C=O) groups is 2. The molecule has 1 amide bonds. The molecule has 24 heavy (non-hydrogen) atoms. The highest BCUT2D eigenvalue weighted by Crippen LogP contribution is 2.19. The molecule has 1 aromatic carbocycles. The van der Waals surface area contributed by atoms with Crippen LogP contribution in [0, 0.1) is 0 Å². The van der Waals surface area contributed by atoms with Crippen molar-refractivity contribution in [2.24, 2.45) is 0 Å². The molecule has 0 radical (unpaired) electrons. The SMILES string of the molecule is CC/C=C/C(=O)O[C@@H](C)C(=O)Nc1ccc(N2CCOCC2)cc1. The smallest absolute Gasteiger partial charge is 0.331 e. The average molecular weight is 332 g/mol. The number of rotatable bonds is 6. The Hall–Kier alpha value is -2.34. The molecule has 0 saturated carbocycles. The van der Waals surface area contributed by atoms with Crippen molar-refractivity contribution in [3.05, 3.63) is 36.4 Å². The fraction of sp³-hybridized carbons (Fsp3) is 0.444. The molecule has 130 valence electrons. The zero-order valence-corrected chi connectivity index (χ0v) is 14.2. The Morgan fingerprint density at radius 3 is 2.58 bits per heavy atom. The van der Waals surface area contributed by atoms with Gasteiger partial charge >= 0.3 is 5.97 Å². The molecule has 1 atom stereocenters. The summed E-state index contributed by atoms with van der Waals surface area (Å²) in [5.74, 6) is -0.866. The van der Waals surface area contributed by atoms with E-state index in [1.807, 2.05) is 31.2 Å². The van der Waals surface area contributed by atoms with Gasteiger partial charge in [-0.15, -0.1) is 0 Å². The van der Waals surface area contributed by atoms with Crippen LogP contribution in [0.15, 0.2) is 36.4 Å². The maximum atomic E-state index is 12.1. The molecule has 0 spiro atoms. The first kappa shape index (κ1) is 18.0. The van der Waals surface area contributed by atoms with Gasteiger partial charge in [-0.25, -0.2) is 4.79 Å². The van der Waals surface area contributed by atoms with Crippen molar-refractivity contribution in [1.82, 2.24) is 0 Å². The van der Waals surface area contributed by atoms with Crippen molar-refractivity contribution < 1.29 is 19.1 Å². The number of benzene rings is 1. The van der Waals surface area contributed by atoms with Crippen LogP contribution in [0.2, 0.25) is 0 Å². The van der Waals surface area contributed by atoms with Gasteiger partial charge in [0.2, 0.25) is 0 Å². The molecule has 1 N–H and O–H groups in total. The first-order valence-electron chi connectivity index (χ1n) is 8.21. The van der Waals surface area contributed by atoms with Crippen LogP contribution in [0.5, 0.6) is 0 Å². The predicted octanol–water partition coefficient (Wildman–Crippen LogP) is 2.36. The van der Waals surface area contributed by atoms with Gasteiger partial charge in [0.25, 0.3) is 5.91 Å². The van der Waals surface area contributed by atoms with Gasteiger partial charge in [-0.3, -0.25) is 4.79 Å². The van der Waals surface area contributed by atoms with Gasteiger partial charge in [-0.1, -0.05) is 13.0 Å². The second-order valence-electron chi connectivity index (χ2n) is 5.53. The van der Waals surface area contributed by atoms with E-state index in [4.69, 9.17) is 9.47 Å². The first-order chi connectivity index (χ1) is 11.6. The topological polar surface area (TPSA) is 67.9 Å². The van der Waals surface area contributed by atoms with Gasteiger partial charge in [-0.05, 0) is 37.6 Å². The molecule has 1 aliphatic rings. The molecule has 1 aliphatic heterocycles. The Kier molecular flexibility index (Phi) is 6.81. The minimum absolute atomic E-state index is 0.354. The number of esters is 1. The van der Waals surface area contributed by atoms with Crippen LogP contribution < -0.4 is 10.2 Å². The number of anilines is 2. The summed E-state index contributed by atoms with van der Waals surface area (Å²) in [6, 6.07) is 7.60. The second kappa shape index (κ2) is 9.08. The molecule has 1 saturated heterocycles. The molecule has 1 aromatic rings. The third-order valence-corrected chi connectivity index (χ3v) is 3.66. The van der Waals surface area contributed by atoms with Gasteiger partial charge in [0.1, 0.15) is 0 Å². The number of ether oxygens (including phenoxy) is 2. The predicted molar refractivity (Wildman–Crippen MR) is 93.1 cm³/mol. The third-order valence-electron chi connectivity index (χ3n) is 3.66. The van der Waals surface area contributed by atoms with E-state index in [-0.39, 0.29) is 5.91 Å². The monoisotopic (exact) mass is 332 g/mol. The molecule has 6 nitrogen and oxygen atoms in total. The lowest BCUT2D eigenvalue weighted by molar-refractivity contribution is -0.148. The third kappa shape index (κ3) is 5.38. The minimum Gasteiger partial charge on any atom is -0.449 e. The average Bonchev–Trinajstić information content (AvgIpc) is 2.61. The highest BCUT2D eigenvalue weighted by Gasteiger charge is 2.17. The molecule has 1 heterocycles. The van der Waals surface area contributed by atoms with E-state index in [0.717, 1.165) is 38.4 Å². The van der Waals surface area contributed by atoms with E-state index in [0.29, 0.717) is 5.69 Å². The van der Waals surface area contributed by atoms with Crippen molar-refractivity contribution >= 4 is 23.3 Å². The van der Waals surface area contributed by atoms with Gasteiger partial charge in [0.05, 0.1) is 13.2 Å². The van der Waals surface area contributed by atoms with Crippen LogP contribution in [0.3, 0.4) is 0 Å².